The fraction of sp³-hybridized carbons (Fsp3) is 0.429. The quantitative estimate of drug-likeness (QED) is 0.627. The summed E-state index contributed by atoms with van der Waals surface area (Å²) in [5.74, 6) is 0. The molecule has 0 spiro atoms. The molecule has 0 saturated heterocycles. The van der Waals surface area contributed by atoms with Gasteiger partial charge in [0, 0.05) is 12.4 Å². The zero-order valence-corrected chi connectivity index (χ0v) is 6.20. The van der Waals surface area contributed by atoms with E-state index in [0.717, 1.165) is 13.0 Å². The van der Waals surface area contributed by atoms with E-state index in [1.54, 1.807) is 18.5 Å². The molecule has 3 heteroatoms. The number of hydrogen-bond acceptors (Lipinski definition) is 3. The van der Waals surface area contributed by atoms with Gasteiger partial charge in [0.25, 0.3) is 0 Å². The molecule has 2 N–H and O–H groups in total. The van der Waals surface area contributed by atoms with Crippen LogP contribution in [-0.4, -0.2) is 16.5 Å². The van der Waals surface area contributed by atoms with Gasteiger partial charge in [-0.05, 0) is 19.0 Å². The van der Waals surface area contributed by atoms with Crippen molar-refractivity contribution in [2.45, 2.75) is 13.3 Å². The summed E-state index contributed by atoms with van der Waals surface area (Å²) < 4.78 is 0. The van der Waals surface area contributed by atoms with Gasteiger partial charge in [0.2, 0.25) is 0 Å². The average molecular weight is 139 g/mol. The van der Waals surface area contributed by atoms with E-state index in [1.165, 1.54) is 6.33 Å². The molecule has 0 aliphatic carbocycles. The van der Waals surface area contributed by atoms with Gasteiger partial charge in [0.15, 0.2) is 0 Å². The predicted octanol–water partition coefficient (Wildman–Crippen LogP) is 0.832. The van der Waals surface area contributed by atoms with Crippen molar-refractivity contribution in [3.8, 4) is 0 Å². The van der Waals surface area contributed by atoms with Crippen molar-refractivity contribution in [3.05, 3.63) is 24.8 Å². The van der Waals surface area contributed by atoms with Crippen molar-refractivity contribution in [1.82, 2.24) is 9.97 Å². The third kappa shape index (κ3) is 7.04. The Bertz CT molecular complexity index is 101. The molecule has 0 radical (unpaired) electrons. The number of nitrogens with two attached hydrogens (primary N) is 1. The van der Waals surface area contributed by atoms with Crippen molar-refractivity contribution < 1.29 is 0 Å². The molecule has 56 valence electrons. The molecule has 0 bridgehead atoms. The molecule has 1 heterocycles. The average Bonchev–Trinajstić information content (AvgIpc) is 2.08. The Hall–Kier alpha value is -0.960. The summed E-state index contributed by atoms with van der Waals surface area (Å²) in [6.45, 7) is 2.88. The Kier molecular flexibility index (Phi) is 7.27. The van der Waals surface area contributed by atoms with Gasteiger partial charge in [-0.2, -0.15) is 0 Å². The number of hydrogen-bond donors (Lipinski definition) is 1. The van der Waals surface area contributed by atoms with E-state index in [2.05, 4.69) is 16.9 Å². The Labute approximate surface area is 61.3 Å². The highest BCUT2D eigenvalue weighted by molar-refractivity contribution is 4.74. The molecule has 1 aromatic heterocycles. The molecule has 0 amide bonds. The number of nitrogens with zero attached hydrogens (tertiary/aromatic N) is 2. The van der Waals surface area contributed by atoms with Gasteiger partial charge in [0.05, 0.1) is 0 Å². The minimum absolute atomic E-state index is 0.819. The highest BCUT2D eigenvalue weighted by Crippen LogP contribution is 1.66. The van der Waals surface area contributed by atoms with Crippen molar-refractivity contribution in [1.29, 1.82) is 0 Å². The lowest BCUT2D eigenvalue weighted by atomic mass is 10.5. The first-order valence-electron chi connectivity index (χ1n) is 3.31. The second kappa shape index (κ2) is 8.04. The van der Waals surface area contributed by atoms with E-state index in [9.17, 15) is 0 Å². The van der Waals surface area contributed by atoms with Crippen molar-refractivity contribution in [2.75, 3.05) is 6.54 Å². The van der Waals surface area contributed by atoms with Crippen LogP contribution < -0.4 is 5.73 Å². The second-order valence-electron chi connectivity index (χ2n) is 1.69. The standard InChI is InChI=1S/C4H4N2.C3H9N/c1-2-5-4-6-3-1;1-2-3-4/h1-4H;2-4H2,1H3. The van der Waals surface area contributed by atoms with Gasteiger partial charge in [0.1, 0.15) is 6.33 Å². The van der Waals surface area contributed by atoms with E-state index < -0.39 is 0 Å². The van der Waals surface area contributed by atoms with Gasteiger partial charge >= 0.3 is 0 Å². The third-order valence-electron chi connectivity index (χ3n) is 0.766. The van der Waals surface area contributed by atoms with E-state index in [1.807, 2.05) is 0 Å². The van der Waals surface area contributed by atoms with E-state index in [4.69, 9.17) is 5.73 Å². The SMILES string of the molecule is CCCN.c1cncnc1. The highest BCUT2D eigenvalue weighted by Gasteiger charge is 1.59. The molecule has 10 heavy (non-hydrogen) atoms. The molecule has 0 aliphatic rings. The number of aromatic nitrogens is 2. The summed E-state index contributed by atoms with van der Waals surface area (Å²) in [5.41, 5.74) is 5.03. The Morgan fingerprint density at radius 2 is 1.80 bits per heavy atom. The van der Waals surface area contributed by atoms with Crippen LogP contribution in [0, 0.1) is 0 Å². The fourth-order valence-corrected chi connectivity index (χ4v) is 0.253. The Morgan fingerprint density at radius 1 is 1.30 bits per heavy atom. The van der Waals surface area contributed by atoms with Gasteiger partial charge in [-0.25, -0.2) is 9.97 Å². The Balaban J connectivity index is 0.000000180. The monoisotopic (exact) mass is 139 g/mol. The van der Waals surface area contributed by atoms with Crippen LogP contribution in [0.2, 0.25) is 0 Å². The van der Waals surface area contributed by atoms with Gasteiger partial charge < -0.3 is 5.73 Å². The van der Waals surface area contributed by atoms with Gasteiger partial charge in [-0.3, -0.25) is 0 Å². The molecule has 0 atom stereocenters. The van der Waals surface area contributed by atoms with Crippen molar-refractivity contribution in [3.63, 3.8) is 0 Å². The summed E-state index contributed by atoms with van der Waals surface area (Å²) >= 11 is 0. The Morgan fingerprint density at radius 3 is 1.90 bits per heavy atom. The molecule has 1 rings (SSSR count). The zero-order valence-electron chi connectivity index (χ0n) is 6.20. The summed E-state index contributed by atoms with van der Waals surface area (Å²) in [5, 5.41) is 0. The summed E-state index contributed by atoms with van der Waals surface area (Å²) in [4.78, 5) is 7.35. The summed E-state index contributed by atoms with van der Waals surface area (Å²) in [6.07, 6.45) is 5.97. The van der Waals surface area contributed by atoms with Crippen LogP contribution in [0.15, 0.2) is 24.8 Å². The minimum atomic E-state index is 0.819. The maximum Gasteiger partial charge on any atom is 0.115 e. The second-order valence-corrected chi connectivity index (χ2v) is 1.69. The van der Waals surface area contributed by atoms with Gasteiger partial charge in [-0.15, -0.1) is 0 Å². The molecule has 0 aliphatic heterocycles. The van der Waals surface area contributed by atoms with Crippen LogP contribution in [0.5, 0.6) is 0 Å². The molecular formula is C7H13N3. The van der Waals surface area contributed by atoms with E-state index >= 15 is 0 Å². The first-order valence-corrected chi connectivity index (χ1v) is 3.31. The topological polar surface area (TPSA) is 51.8 Å². The zero-order chi connectivity index (χ0) is 7.66. The largest absolute Gasteiger partial charge is 0.330 e. The van der Waals surface area contributed by atoms with Crippen LogP contribution in [0.25, 0.3) is 0 Å². The molecule has 0 aromatic carbocycles. The lowest BCUT2D eigenvalue weighted by molar-refractivity contribution is 0.932. The molecule has 0 fully saturated rings. The lowest BCUT2D eigenvalue weighted by Gasteiger charge is -1.70. The van der Waals surface area contributed by atoms with Crippen LogP contribution in [0.1, 0.15) is 13.3 Å². The predicted molar refractivity (Wildman–Crippen MR) is 41.4 cm³/mol. The molecule has 0 unspecified atom stereocenters. The molecular weight excluding hydrogens is 126 g/mol. The normalized spacial score (nSPS) is 7.80. The fourth-order valence-electron chi connectivity index (χ4n) is 0.253. The molecule has 3 nitrogen and oxygen atoms in total. The minimum Gasteiger partial charge on any atom is -0.330 e. The summed E-state index contributed by atoms with van der Waals surface area (Å²) in [7, 11) is 0. The van der Waals surface area contributed by atoms with E-state index in [-0.39, 0.29) is 0 Å². The molecule has 1 aromatic rings. The van der Waals surface area contributed by atoms with E-state index in [0.29, 0.717) is 0 Å². The maximum absolute atomic E-state index is 5.03. The maximum atomic E-state index is 5.03. The van der Waals surface area contributed by atoms with Crippen LogP contribution in [0.4, 0.5) is 0 Å². The van der Waals surface area contributed by atoms with Crippen LogP contribution in [0.3, 0.4) is 0 Å². The van der Waals surface area contributed by atoms with Crippen molar-refractivity contribution >= 4 is 0 Å². The smallest absolute Gasteiger partial charge is 0.115 e. The first-order chi connectivity index (χ1) is 4.91. The van der Waals surface area contributed by atoms with Crippen LogP contribution >= 0.6 is 0 Å². The van der Waals surface area contributed by atoms with Crippen molar-refractivity contribution in [2.24, 2.45) is 5.73 Å². The van der Waals surface area contributed by atoms with Crippen LogP contribution in [-0.2, 0) is 0 Å². The first kappa shape index (κ1) is 9.04. The summed E-state index contributed by atoms with van der Waals surface area (Å²) in [6, 6.07) is 1.78. The lowest BCUT2D eigenvalue weighted by Crippen LogP contribution is -1.93. The van der Waals surface area contributed by atoms with Gasteiger partial charge in [-0.1, -0.05) is 6.92 Å². The number of rotatable bonds is 1. The third-order valence-corrected chi connectivity index (χ3v) is 0.766. The molecule has 0 saturated carbocycles. The highest BCUT2D eigenvalue weighted by atomic mass is 14.8.